The van der Waals surface area contributed by atoms with Crippen molar-refractivity contribution in [3.63, 3.8) is 0 Å². The Morgan fingerprint density at radius 3 is 1.28 bits per heavy atom. The van der Waals surface area contributed by atoms with E-state index in [0.29, 0.717) is 54.3 Å². The lowest BCUT2D eigenvalue weighted by Gasteiger charge is -2.59. The minimum absolute atomic E-state index is 0.0387. The maximum atomic E-state index is 12.1. The van der Waals surface area contributed by atoms with E-state index in [1.807, 2.05) is 0 Å². The van der Waals surface area contributed by atoms with Gasteiger partial charge in [-0.2, -0.15) is 0 Å². The number of hydrogen-bond donors (Lipinski definition) is 1. The Hall–Kier alpha value is -3.18. The maximum absolute atomic E-state index is 12.1. The molecule has 6 unspecified atom stereocenters. The number of carbonyl (C=O) groups excluding carboxylic acids is 5. The van der Waals surface area contributed by atoms with E-state index in [9.17, 15) is 33.9 Å². The van der Waals surface area contributed by atoms with Gasteiger partial charge >= 0.3 is 35.8 Å². The average Bonchev–Trinajstić information content (AvgIpc) is 3.03. The third kappa shape index (κ3) is 6.98. The lowest BCUT2D eigenvalue weighted by molar-refractivity contribution is -0.210. The van der Waals surface area contributed by atoms with E-state index in [1.54, 1.807) is 0 Å². The van der Waals surface area contributed by atoms with Gasteiger partial charge in [-0.05, 0) is 138 Å². The highest BCUT2D eigenvalue weighted by molar-refractivity contribution is 5.78. The van der Waals surface area contributed by atoms with Gasteiger partial charge in [-0.15, -0.1) is 0 Å². The Kier molecular flexibility index (Phi) is 9.73. The lowest BCUT2D eigenvalue weighted by Crippen LogP contribution is -2.59. The molecule has 1 N–H and O–H groups in total. The smallest absolute Gasteiger partial charge is 0.311 e. The van der Waals surface area contributed by atoms with Gasteiger partial charge in [0.15, 0.2) is 0 Å². The SMILES string of the molecule is CC(=O)OC12CC3CC(C1)CC(C(=O)O)(C3)C2.COC(=O)C12CC3CC(C1)C(OC(C)=O)C(C3)C2.COC(=O)C12CC3CC(CC(OC(C)=O)(C3)C1)C2. The van der Waals surface area contributed by atoms with Crippen LogP contribution in [0.1, 0.15) is 130 Å². The summed E-state index contributed by atoms with van der Waals surface area (Å²) < 4.78 is 26.7. The van der Waals surface area contributed by atoms with Crippen molar-refractivity contribution in [3.05, 3.63) is 0 Å². The Labute approximate surface area is 312 Å². The van der Waals surface area contributed by atoms with Crippen molar-refractivity contribution < 1.29 is 57.6 Å². The van der Waals surface area contributed by atoms with Gasteiger partial charge in [0.05, 0.1) is 30.5 Å². The van der Waals surface area contributed by atoms with Crippen LogP contribution in [0.5, 0.6) is 0 Å². The van der Waals surface area contributed by atoms with Crippen LogP contribution in [-0.4, -0.2) is 72.4 Å². The molecule has 294 valence electrons. The molecule has 0 amide bonds. The molecule has 12 bridgehead atoms. The van der Waals surface area contributed by atoms with E-state index in [2.05, 4.69) is 0 Å². The molecule has 12 aliphatic carbocycles. The van der Waals surface area contributed by atoms with Gasteiger partial charge in [-0.1, -0.05) is 0 Å². The number of rotatable bonds is 6. The van der Waals surface area contributed by atoms with Gasteiger partial charge in [-0.3, -0.25) is 28.8 Å². The molecule has 12 saturated carbocycles. The highest BCUT2D eigenvalue weighted by atomic mass is 16.6. The molecule has 0 aromatic carbocycles. The first-order valence-electron chi connectivity index (χ1n) is 19.9. The van der Waals surface area contributed by atoms with Crippen LogP contribution in [0.15, 0.2) is 0 Å². The van der Waals surface area contributed by atoms with Gasteiger partial charge in [0.1, 0.15) is 17.3 Å². The van der Waals surface area contributed by atoms with Gasteiger partial charge in [0.25, 0.3) is 0 Å². The van der Waals surface area contributed by atoms with E-state index in [0.717, 1.165) is 89.9 Å². The van der Waals surface area contributed by atoms with Gasteiger partial charge < -0.3 is 28.8 Å². The van der Waals surface area contributed by atoms with Gasteiger partial charge in [0.2, 0.25) is 0 Å². The van der Waals surface area contributed by atoms with Crippen molar-refractivity contribution in [2.24, 2.45) is 57.7 Å². The normalized spacial score (nSPS) is 45.5. The zero-order chi connectivity index (χ0) is 38.1. The van der Waals surface area contributed by atoms with Gasteiger partial charge in [0, 0.05) is 33.6 Å². The fraction of sp³-hybridized carbons (Fsp3) is 0.854. The molecule has 12 aliphatic rings. The monoisotopic (exact) mass is 742 g/mol. The van der Waals surface area contributed by atoms with Gasteiger partial charge in [-0.25, -0.2) is 0 Å². The minimum atomic E-state index is -0.692. The summed E-state index contributed by atoms with van der Waals surface area (Å²) in [5, 5.41) is 9.49. The van der Waals surface area contributed by atoms with Crippen molar-refractivity contribution in [1.29, 1.82) is 0 Å². The second-order valence-corrected chi connectivity index (χ2v) is 19.1. The maximum Gasteiger partial charge on any atom is 0.311 e. The number of aliphatic carboxylic acids is 1. The molecule has 12 heteroatoms. The van der Waals surface area contributed by atoms with Crippen LogP contribution in [0.25, 0.3) is 0 Å². The molecule has 0 aliphatic heterocycles. The van der Waals surface area contributed by atoms with Crippen LogP contribution in [0.4, 0.5) is 0 Å². The number of esters is 5. The van der Waals surface area contributed by atoms with E-state index >= 15 is 0 Å². The molecular formula is C41H58O12. The molecule has 6 atom stereocenters. The first-order chi connectivity index (χ1) is 24.9. The predicted octanol–water partition coefficient (Wildman–Crippen LogP) is 5.95. The Morgan fingerprint density at radius 2 is 0.887 bits per heavy atom. The molecule has 0 saturated heterocycles. The van der Waals surface area contributed by atoms with Crippen LogP contribution >= 0.6 is 0 Å². The molecule has 12 rings (SSSR count). The average molecular weight is 743 g/mol. The predicted molar refractivity (Wildman–Crippen MR) is 186 cm³/mol. The number of methoxy groups -OCH3 is 2. The molecular weight excluding hydrogens is 684 g/mol. The molecule has 0 aromatic heterocycles. The van der Waals surface area contributed by atoms with Crippen LogP contribution < -0.4 is 0 Å². The van der Waals surface area contributed by atoms with Crippen LogP contribution in [0, 0.1) is 57.7 Å². The van der Waals surface area contributed by atoms with Crippen molar-refractivity contribution in [3.8, 4) is 0 Å². The highest BCUT2D eigenvalue weighted by Crippen LogP contribution is 2.65. The van der Waals surface area contributed by atoms with E-state index in [-0.39, 0.29) is 52.4 Å². The van der Waals surface area contributed by atoms with Crippen LogP contribution in [0.3, 0.4) is 0 Å². The van der Waals surface area contributed by atoms with E-state index in [4.69, 9.17) is 23.7 Å². The standard InChI is InChI=1S/2C14H20O4.C13H18O4/c1-9(15)18-14-6-10-3-11(7-14)5-13(4-10,8-14)12(16)17-2;1-8(15)18-12-10-3-9-4-11(12)7-14(5-9,6-10)13(16)17-2;1-8(14)17-13-5-9-2-10(6-13)4-12(3-9,7-13)11(15)16/h10-11H,3-8H2,1-2H3;9-12H,3-7H2,1-2H3;9-10H,2-7H2,1H3,(H,15,16). The minimum Gasteiger partial charge on any atom is -0.481 e. The van der Waals surface area contributed by atoms with Crippen molar-refractivity contribution in [2.75, 3.05) is 14.2 Å². The summed E-state index contributed by atoms with van der Waals surface area (Å²) >= 11 is 0. The molecule has 53 heavy (non-hydrogen) atoms. The Morgan fingerprint density at radius 1 is 0.491 bits per heavy atom. The van der Waals surface area contributed by atoms with Crippen LogP contribution in [-0.2, 0) is 52.5 Å². The van der Waals surface area contributed by atoms with Crippen molar-refractivity contribution in [1.82, 2.24) is 0 Å². The Bertz CT molecular complexity index is 1490. The third-order valence-electron chi connectivity index (χ3n) is 14.9. The molecule has 0 radical (unpaired) electrons. The number of ether oxygens (including phenoxy) is 5. The highest BCUT2D eigenvalue weighted by Gasteiger charge is 2.64. The zero-order valence-corrected chi connectivity index (χ0v) is 32.1. The summed E-state index contributed by atoms with van der Waals surface area (Å²) in [4.78, 5) is 69.5. The topological polar surface area (TPSA) is 169 Å². The molecule has 0 heterocycles. The number of carboxylic acids is 1. The lowest BCUT2D eigenvalue weighted by atomic mass is 9.48. The summed E-state index contributed by atoms with van der Waals surface area (Å²) in [5.41, 5.74) is -2.12. The second-order valence-electron chi connectivity index (χ2n) is 19.1. The number of carboxylic acid groups (broad SMARTS) is 1. The quantitative estimate of drug-likeness (QED) is 0.251. The zero-order valence-electron chi connectivity index (χ0n) is 32.1. The molecule has 0 spiro atoms. The summed E-state index contributed by atoms with van der Waals surface area (Å²) in [6, 6.07) is 0. The summed E-state index contributed by atoms with van der Waals surface area (Å²) in [6.45, 7) is 4.36. The van der Waals surface area contributed by atoms with E-state index in [1.165, 1.54) is 41.4 Å². The molecule has 12 nitrogen and oxygen atoms in total. The Balaban J connectivity index is 0.000000123. The second kappa shape index (κ2) is 13.5. The number of hydrogen-bond acceptors (Lipinski definition) is 11. The van der Waals surface area contributed by atoms with Crippen molar-refractivity contribution in [2.45, 2.75) is 147 Å². The third-order valence-corrected chi connectivity index (χ3v) is 14.9. The summed E-state index contributed by atoms with van der Waals surface area (Å²) in [5.74, 6) is 1.71. The fourth-order valence-electron chi connectivity index (χ4n) is 14.7. The molecule has 12 fully saturated rings. The fourth-order valence-corrected chi connectivity index (χ4v) is 14.7. The first-order valence-corrected chi connectivity index (χ1v) is 19.9. The largest absolute Gasteiger partial charge is 0.481 e. The summed E-state index contributed by atoms with van der Waals surface area (Å²) in [6.07, 6.45) is 15.4. The van der Waals surface area contributed by atoms with E-state index < -0.39 is 17.0 Å². The summed E-state index contributed by atoms with van der Waals surface area (Å²) in [7, 11) is 2.93. The number of carbonyl (C=O) groups is 6. The van der Waals surface area contributed by atoms with Crippen molar-refractivity contribution >= 4 is 35.8 Å². The molecule has 0 aromatic rings. The van der Waals surface area contributed by atoms with Crippen LogP contribution in [0.2, 0.25) is 0 Å². The first kappa shape index (κ1) is 38.1.